The van der Waals surface area contributed by atoms with Crippen LogP contribution >= 0.6 is 0 Å². The number of benzene rings is 1. The van der Waals surface area contributed by atoms with Crippen LogP contribution in [-0.2, 0) is 20.8 Å². The first-order valence-electron chi connectivity index (χ1n) is 12.1. The molecule has 0 bridgehead atoms. The summed E-state index contributed by atoms with van der Waals surface area (Å²) < 4.78 is 0. The van der Waals surface area contributed by atoms with E-state index in [-0.39, 0.29) is 29.7 Å². The fraction of sp³-hybridized carbons (Fsp3) is 0.462. The minimum atomic E-state index is -2.71. The number of rotatable bonds is 5. The molecule has 12 nitrogen and oxygen atoms in total. The van der Waals surface area contributed by atoms with E-state index in [0.29, 0.717) is 5.56 Å². The fourth-order valence-corrected chi connectivity index (χ4v) is 5.72. The number of aliphatic hydroxyl groups is 3. The summed E-state index contributed by atoms with van der Waals surface area (Å²) >= 11 is 0. The summed E-state index contributed by atoms with van der Waals surface area (Å²) in [4.78, 5) is 53.2. The largest absolute Gasteiger partial charge is 0.510 e. The predicted molar refractivity (Wildman–Crippen MR) is 135 cm³/mol. The first-order valence-corrected chi connectivity index (χ1v) is 12.1. The molecular formula is C26H32N4O8. The molecule has 204 valence electrons. The van der Waals surface area contributed by atoms with Gasteiger partial charge in [-0.1, -0.05) is 6.07 Å². The molecule has 2 amide bonds. The van der Waals surface area contributed by atoms with E-state index in [1.807, 2.05) is 0 Å². The number of hydrogen-bond donors (Lipinski definition) is 7. The second-order valence-electron chi connectivity index (χ2n) is 10.8. The van der Waals surface area contributed by atoms with E-state index in [4.69, 9.17) is 5.73 Å². The van der Waals surface area contributed by atoms with Crippen molar-refractivity contribution >= 4 is 29.1 Å². The quantitative estimate of drug-likeness (QED) is 0.202. The molecule has 0 spiro atoms. The average molecular weight is 529 g/mol. The lowest BCUT2D eigenvalue weighted by Crippen LogP contribution is -2.63. The van der Waals surface area contributed by atoms with Crippen molar-refractivity contribution in [3.8, 4) is 5.75 Å². The van der Waals surface area contributed by atoms with Gasteiger partial charge in [-0.2, -0.15) is 0 Å². The van der Waals surface area contributed by atoms with Crippen molar-refractivity contribution in [2.75, 3.05) is 26.5 Å². The summed E-state index contributed by atoms with van der Waals surface area (Å²) in [6.45, 7) is 3.26. The zero-order valence-corrected chi connectivity index (χ0v) is 21.7. The molecule has 3 unspecified atom stereocenters. The molecule has 0 radical (unpaired) electrons. The molecule has 0 heterocycles. The SMILES string of the molecule is CNC(C)(C)C(=O)Nc1ccc2c(c1O)C(=O)C1=C(O)C3(O)C(=O)C(C(N)=O)=C(O)[C@@H](N(C)C)C3CC1C2. The van der Waals surface area contributed by atoms with Crippen LogP contribution in [0.25, 0.3) is 0 Å². The van der Waals surface area contributed by atoms with Gasteiger partial charge in [-0.15, -0.1) is 0 Å². The molecule has 4 atom stereocenters. The molecule has 8 N–H and O–H groups in total. The number of nitrogens with zero attached hydrogens (tertiary/aromatic N) is 1. The Bertz CT molecular complexity index is 1340. The molecule has 3 aliphatic carbocycles. The summed E-state index contributed by atoms with van der Waals surface area (Å²) in [6, 6.07) is 2.00. The number of carbonyl (C=O) groups is 4. The number of primary amides is 1. The van der Waals surface area contributed by atoms with Crippen LogP contribution in [0.15, 0.2) is 34.8 Å². The van der Waals surface area contributed by atoms with Gasteiger partial charge in [-0.05, 0) is 65.4 Å². The summed E-state index contributed by atoms with van der Waals surface area (Å²) in [5.41, 5.74) is 0.764. The van der Waals surface area contributed by atoms with Crippen molar-refractivity contribution in [3.05, 3.63) is 45.9 Å². The van der Waals surface area contributed by atoms with Gasteiger partial charge in [-0.3, -0.25) is 24.1 Å². The van der Waals surface area contributed by atoms with Crippen molar-refractivity contribution in [2.24, 2.45) is 17.6 Å². The Morgan fingerprint density at radius 3 is 2.34 bits per heavy atom. The summed E-state index contributed by atoms with van der Waals surface area (Å²) in [5, 5.41) is 50.1. The number of nitrogens with two attached hydrogens (primary N) is 1. The molecule has 0 aromatic heterocycles. The average Bonchev–Trinajstić information content (AvgIpc) is 2.82. The van der Waals surface area contributed by atoms with Gasteiger partial charge in [0.2, 0.25) is 11.7 Å². The number of ketones is 2. The monoisotopic (exact) mass is 528 g/mol. The number of aromatic hydroxyl groups is 1. The molecule has 0 fully saturated rings. The van der Waals surface area contributed by atoms with Crippen LogP contribution in [0.2, 0.25) is 0 Å². The number of anilines is 1. The van der Waals surface area contributed by atoms with E-state index in [0.717, 1.165) is 0 Å². The highest BCUT2D eigenvalue weighted by Crippen LogP contribution is 2.52. The van der Waals surface area contributed by atoms with Crippen molar-refractivity contribution in [3.63, 3.8) is 0 Å². The number of carbonyl (C=O) groups excluding carboxylic acids is 4. The van der Waals surface area contributed by atoms with E-state index in [1.54, 1.807) is 41.1 Å². The molecule has 0 saturated carbocycles. The summed E-state index contributed by atoms with van der Waals surface area (Å²) in [6.07, 6.45) is 0.166. The molecule has 12 heteroatoms. The number of likely N-dealkylation sites (N-methyl/N-ethyl adjacent to an activating group) is 2. The number of allylic oxidation sites excluding steroid dienone is 1. The first kappa shape index (κ1) is 27.3. The topological polar surface area (TPSA) is 203 Å². The van der Waals surface area contributed by atoms with Gasteiger partial charge >= 0.3 is 0 Å². The van der Waals surface area contributed by atoms with Gasteiger partial charge in [0.05, 0.1) is 22.8 Å². The van der Waals surface area contributed by atoms with E-state index in [9.17, 15) is 39.6 Å². The number of fused-ring (bicyclic) bond motifs is 3. The van der Waals surface area contributed by atoms with Crippen LogP contribution < -0.4 is 16.4 Å². The molecule has 1 aromatic carbocycles. The lowest BCUT2D eigenvalue weighted by Gasteiger charge is -2.50. The first-order chi connectivity index (χ1) is 17.6. The minimum Gasteiger partial charge on any atom is -0.510 e. The van der Waals surface area contributed by atoms with Gasteiger partial charge in [0.25, 0.3) is 5.91 Å². The third-order valence-corrected chi connectivity index (χ3v) is 8.04. The molecular weight excluding hydrogens is 496 g/mol. The summed E-state index contributed by atoms with van der Waals surface area (Å²) in [7, 11) is 4.73. The zero-order valence-electron chi connectivity index (χ0n) is 21.7. The number of phenolic OH excluding ortho intramolecular Hbond substituents is 1. The Labute approximate surface area is 218 Å². The highest BCUT2D eigenvalue weighted by atomic mass is 16.3. The Morgan fingerprint density at radius 2 is 1.79 bits per heavy atom. The molecule has 1 aromatic rings. The lowest BCUT2D eigenvalue weighted by molar-refractivity contribution is -0.148. The highest BCUT2D eigenvalue weighted by molar-refractivity contribution is 6.25. The van der Waals surface area contributed by atoms with Crippen LogP contribution in [0.3, 0.4) is 0 Å². The van der Waals surface area contributed by atoms with Gasteiger partial charge in [0, 0.05) is 11.5 Å². The fourth-order valence-electron chi connectivity index (χ4n) is 5.72. The number of phenols is 1. The maximum atomic E-state index is 13.7. The Morgan fingerprint density at radius 1 is 1.16 bits per heavy atom. The smallest absolute Gasteiger partial charge is 0.255 e. The summed E-state index contributed by atoms with van der Waals surface area (Å²) in [5.74, 6) is -7.71. The number of nitrogens with one attached hydrogen (secondary N) is 2. The highest BCUT2D eigenvalue weighted by Gasteiger charge is 2.63. The van der Waals surface area contributed by atoms with Gasteiger partial charge in [-0.25, -0.2) is 0 Å². The van der Waals surface area contributed by atoms with Crippen molar-refractivity contribution in [2.45, 2.75) is 43.9 Å². The molecule has 3 aliphatic rings. The Hall–Kier alpha value is -3.74. The van der Waals surface area contributed by atoms with Gasteiger partial charge < -0.3 is 36.8 Å². The van der Waals surface area contributed by atoms with Crippen LogP contribution in [0, 0.1) is 11.8 Å². The standard InChI is InChI=1S/C26H32N4O8/c1-25(2,28-3)24(37)29-13-7-6-10-8-11-9-12-17(30(4)5)20(33)16(23(27)36)22(35)26(12,38)21(34)15(11)19(32)14(10)18(13)31/h6-7,11-12,17,28,31,33-34,38H,8-9H2,1-5H3,(H2,27,36)(H,29,37)/t11?,12?,17-,26?/m0/s1. The second kappa shape index (κ2) is 8.93. The van der Waals surface area contributed by atoms with E-state index >= 15 is 0 Å². The van der Waals surface area contributed by atoms with Crippen LogP contribution in [0.1, 0.15) is 36.2 Å². The minimum absolute atomic E-state index is 0.00136. The van der Waals surface area contributed by atoms with E-state index in [2.05, 4.69) is 10.6 Å². The molecule has 0 aliphatic heterocycles. The molecule has 38 heavy (non-hydrogen) atoms. The van der Waals surface area contributed by atoms with Crippen LogP contribution in [0.4, 0.5) is 5.69 Å². The Balaban J connectivity index is 1.85. The van der Waals surface area contributed by atoms with Crippen LogP contribution in [-0.4, -0.2) is 87.0 Å². The third kappa shape index (κ3) is 3.70. The zero-order chi connectivity index (χ0) is 28.5. The van der Waals surface area contributed by atoms with Crippen molar-refractivity contribution < 1.29 is 39.6 Å². The van der Waals surface area contributed by atoms with Gasteiger partial charge in [0.15, 0.2) is 17.1 Å². The van der Waals surface area contributed by atoms with E-state index in [1.165, 1.54) is 11.0 Å². The number of amides is 2. The predicted octanol–water partition coefficient (Wildman–Crippen LogP) is 0.0571. The molecule has 0 saturated heterocycles. The third-order valence-electron chi connectivity index (χ3n) is 8.04. The maximum Gasteiger partial charge on any atom is 0.255 e. The Kier molecular flexibility index (Phi) is 6.41. The molecule has 4 rings (SSSR count). The van der Waals surface area contributed by atoms with E-state index < -0.39 is 75.2 Å². The van der Waals surface area contributed by atoms with Crippen molar-refractivity contribution in [1.82, 2.24) is 10.2 Å². The maximum absolute atomic E-state index is 13.7. The number of Topliss-reactive ketones (excluding diaryl/α,β-unsaturated/α-hetero) is 2. The lowest BCUT2D eigenvalue weighted by atomic mass is 9.58. The van der Waals surface area contributed by atoms with Crippen molar-refractivity contribution in [1.29, 1.82) is 0 Å². The number of aliphatic hydroxyl groups excluding tert-OH is 2. The second-order valence-corrected chi connectivity index (χ2v) is 10.8. The van der Waals surface area contributed by atoms with Crippen LogP contribution in [0.5, 0.6) is 5.75 Å². The number of hydrogen-bond acceptors (Lipinski definition) is 10. The normalized spacial score (nSPS) is 27.2. The van der Waals surface area contributed by atoms with Gasteiger partial charge in [0.1, 0.15) is 17.1 Å².